The van der Waals surface area contributed by atoms with Gasteiger partial charge < -0.3 is 54.6 Å². The fraction of sp³-hybridized carbons (Fsp3) is 0.545. The number of hydrogen-bond donors (Lipinski definition) is 4. The van der Waals surface area contributed by atoms with Gasteiger partial charge in [0.25, 0.3) is 0 Å². The molecule has 0 spiro atoms. The van der Waals surface area contributed by atoms with Crippen LogP contribution >= 0.6 is 6.72 Å². The summed E-state index contributed by atoms with van der Waals surface area (Å²) in [6.45, 7) is -5.23. The molecule has 6 N–H and O–H groups in total. The Hall–Kier alpha value is -3.01. The van der Waals surface area contributed by atoms with Crippen molar-refractivity contribution >= 4 is 52.5 Å². The Balaban J connectivity index is 1.17. The Kier molecular flexibility index (Phi) is 8.26. The number of nitrogen functional groups attached to an aromatic ring is 2. The molecule has 2 aliphatic heterocycles. The van der Waals surface area contributed by atoms with Crippen molar-refractivity contribution in [1.29, 1.82) is 0 Å². The van der Waals surface area contributed by atoms with Gasteiger partial charge in [-0.2, -0.15) is 0 Å². The second-order valence-electron chi connectivity index (χ2n) is 9.68. The molecular weight excluding hydrogens is 611 g/mol. The molecule has 2 saturated heterocycles. The molecule has 2 fully saturated rings. The van der Waals surface area contributed by atoms with Crippen molar-refractivity contribution in [2.45, 2.75) is 49.1 Å². The first-order chi connectivity index (χ1) is 20.7. The van der Waals surface area contributed by atoms with E-state index in [1.165, 1.54) is 48.7 Å². The molecule has 43 heavy (non-hydrogen) atoms. The number of aliphatic hydroxyl groups is 2. The van der Waals surface area contributed by atoms with Crippen LogP contribution in [0.15, 0.2) is 25.3 Å². The maximum atomic E-state index is 13.4. The van der Waals surface area contributed by atoms with E-state index in [0.29, 0.717) is 22.3 Å². The lowest BCUT2D eigenvalue weighted by atomic mass is 10.1. The number of imidazole rings is 2. The topological polar surface area (TPSA) is 258 Å². The van der Waals surface area contributed by atoms with Gasteiger partial charge in [-0.1, -0.05) is 11.8 Å². The van der Waals surface area contributed by atoms with E-state index >= 15 is 0 Å². The number of anilines is 2. The number of fused-ring (bicyclic) bond motifs is 2. The zero-order chi connectivity index (χ0) is 30.5. The summed E-state index contributed by atoms with van der Waals surface area (Å²) in [5.74, 6) is 0.339. The quantitative estimate of drug-likeness (QED) is 0.137. The molecule has 2 aliphatic rings. The van der Waals surface area contributed by atoms with E-state index < -0.39 is 69.0 Å². The summed E-state index contributed by atoms with van der Waals surface area (Å²) >= 11 is 5.18. The maximum absolute atomic E-state index is 13.4. The van der Waals surface area contributed by atoms with Crippen molar-refractivity contribution in [1.82, 2.24) is 39.0 Å². The highest BCUT2D eigenvalue weighted by Crippen LogP contribution is 2.47. The third kappa shape index (κ3) is 5.34. The van der Waals surface area contributed by atoms with Crippen LogP contribution in [0.4, 0.5) is 11.6 Å². The molecular formula is C22H28N10O9PS-. The predicted molar refractivity (Wildman–Crippen MR) is 147 cm³/mol. The number of aliphatic hydroxyl groups excluding tert-OH is 2. The molecule has 6 rings (SSSR count). The van der Waals surface area contributed by atoms with Crippen LogP contribution in [0.1, 0.15) is 12.5 Å². The number of ether oxygens (including phenoxy) is 4. The Morgan fingerprint density at radius 3 is 1.95 bits per heavy atom. The first kappa shape index (κ1) is 30.0. The number of methoxy groups -OCH3 is 2. The first-order valence-corrected chi connectivity index (χ1v) is 15.4. The third-order valence-corrected chi connectivity index (χ3v) is 8.83. The molecule has 0 bridgehead atoms. The van der Waals surface area contributed by atoms with E-state index in [1.54, 1.807) is 0 Å². The second-order valence-corrected chi connectivity index (χ2v) is 12.4. The Bertz CT molecular complexity index is 1660. The van der Waals surface area contributed by atoms with Crippen LogP contribution in [0, 0.1) is 0 Å². The largest absolute Gasteiger partial charge is 0.780 e. The van der Waals surface area contributed by atoms with Crippen LogP contribution in [0.25, 0.3) is 22.3 Å². The maximum Gasteiger partial charge on any atom is 0.167 e. The number of rotatable bonds is 10. The molecule has 4 aromatic rings. The second kappa shape index (κ2) is 11.8. The van der Waals surface area contributed by atoms with Gasteiger partial charge in [0.2, 0.25) is 0 Å². The average molecular weight is 640 g/mol. The van der Waals surface area contributed by atoms with Gasteiger partial charge in [-0.15, -0.1) is 0 Å². The molecule has 9 atom stereocenters. The number of aromatic nitrogens is 8. The summed E-state index contributed by atoms with van der Waals surface area (Å²) in [7, 11) is 2.79. The van der Waals surface area contributed by atoms with E-state index in [9.17, 15) is 15.1 Å². The lowest BCUT2D eigenvalue weighted by Gasteiger charge is -2.34. The van der Waals surface area contributed by atoms with Gasteiger partial charge in [0.15, 0.2) is 35.4 Å². The molecule has 0 aliphatic carbocycles. The summed E-state index contributed by atoms with van der Waals surface area (Å²) in [6.07, 6.45) is -2.58. The first-order valence-electron chi connectivity index (χ1n) is 12.8. The van der Waals surface area contributed by atoms with E-state index in [2.05, 4.69) is 29.9 Å². The van der Waals surface area contributed by atoms with Crippen LogP contribution in [0.3, 0.4) is 0 Å². The fourth-order valence-corrected chi connectivity index (χ4v) is 6.67. The van der Waals surface area contributed by atoms with Gasteiger partial charge in [-0.25, -0.2) is 29.9 Å². The Labute approximate surface area is 247 Å². The minimum atomic E-state index is -4.28. The SMILES string of the molecule is CO[C@H]1C(O)[C@@H](COP([O-])(=S)OC2[C@@H](CO)O[C@@H](n3cnc4c(N)ncnc43)[C@H]2OC)O[C@H]1n1cnc2c(N)ncnc21. The highest BCUT2D eigenvalue weighted by Gasteiger charge is 2.49. The summed E-state index contributed by atoms with van der Waals surface area (Å²) in [6, 6.07) is 0. The van der Waals surface area contributed by atoms with E-state index in [4.69, 9.17) is 51.3 Å². The predicted octanol–water partition coefficient (Wildman–Crippen LogP) is -2.00. The highest BCUT2D eigenvalue weighted by atomic mass is 32.5. The lowest BCUT2D eigenvalue weighted by Crippen LogP contribution is -2.39. The van der Waals surface area contributed by atoms with Gasteiger partial charge in [0, 0.05) is 14.2 Å². The molecule has 19 nitrogen and oxygen atoms in total. The molecule has 0 aromatic carbocycles. The van der Waals surface area contributed by atoms with Crippen LogP contribution < -0.4 is 16.4 Å². The Morgan fingerprint density at radius 2 is 1.42 bits per heavy atom. The minimum absolute atomic E-state index is 0.165. The summed E-state index contributed by atoms with van der Waals surface area (Å²) in [5, 5.41) is 21.0. The minimum Gasteiger partial charge on any atom is -0.780 e. The Morgan fingerprint density at radius 1 is 0.884 bits per heavy atom. The summed E-state index contributed by atoms with van der Waals surface area (Å²) < 4.78 is 37.4. The van der Waals surface area contributed by atoms with Crippen LogP contribution in [-0.2, 0) is 39.8 Å². The van der Waals surface area contributed by atoms with Gasteiger partial charge >= 0.3 is 0 Å². The zero-order valence-electron chi connectivity index (χ0n) is 22.7. The molecule has 0 saturated carbocycles. The number of nitrogens with two attached hydrogens (primary N) is 2. The summed E-state index contributed by atoms with van der Waals surface area (Å²) in [4.78, 5) is 38.1. The van der Waals surface area contributed by atoms with Gasteiger partial charge in [-0.3, -0.25) is 9.13 Å². The molecule has 21 heteroatoms. The monoisotopic (exact) mass is 639 g/mol. The van der Waals surface area contributed by atoms with Crippen molar-refractivity contribution < 1.29 is 43.1 Å². The third-order valence-electron chi connectivity index (χ3n) is 7.29. The van der Waals surface area contributed by atoms with Crippen molar-refractivity contribution in [3.63, 3.8) is 0 Å². The fourth-order valence-electron chi connectivity index (χ4n) is 5.25. The molecule has 3 unspecified atom stereocenters. The van der Waals surface area contributed by atoms with Gasteiger partial charge in [-0.05, 0) is 0 Å². The number of hydrogen-bond acceptors (Lipinski definition) is 18. The van der Waals surface area contributed by atoms with Crippen LogP contribution in [0.5, 0.6) is 0 Å². The van der Waals surface area contributed by atoms with Gasteiger partial charge in [0.05, 0.1) is 25.9 Å². The standard InChI is InChI=1S/C22H29N10O9PS/c1-36-15-13(34)10(40-21(15)31-7-29-11-17(23)25-5-27-19(11)31)4-38-42(35,43)41-14-9(3-33)39-22(16(14)37-2)32-8-30-12-18(24)26-6-28-20(12)32/h5-10,13-16,21-22,33-34H,3-4H2,1-2H3,(H,35,43)(H2,23,25,27)(H2,24,26,28)/p-1/t9-,10-,13?,14?,15+,16+,21-,22-,42?/m1/s1. The van der Waals surface area contributed by atoms with Crippen LogP contribution in [0.2, 0.25) is 0 Å². The van der Waals surface area contributed by atoms with Gasteiger partial charge in [0.1, 0.15) is 67.0 Å². The average Bonchev–Trinajstić information content (AvgIpc) is 3.75. The zero-order valence-corrected chi connectivity index (χ0v) is 24.4. The van der Waals surface area contributed by atoms with Crippen molar-refractivity contribution in [3.8, 4) is 0 Å². The van der Waals surface area contributed by atoms with E-state index in [0.717, 1.165) is 0 Å². The lowest BCUT2D eigenvalue weighted by molar-refractivity contribution is -0.218. The number of nitrogens with zero attached hydrogens (tertiary/aromatic N) is 8. The van der Waals surface area contributed by atoms with E-state index in [1.807, 2.05) is 0 Å². The molecule has 6 heterocycles. The van der Waals surface area contributed by atoms with Crippen molar-refractivity contribution in [2.75, 3.05) is 38.9 Å². The molecule has 0 amide bonds. The van der Waals surface area contributed by atoms with Crippen molar-refractivity contribution in [3.05, 3.63) is 25.3 Å². The van der Waals surface area contributed by atoms with Crippen molar-refractivity contribution in [2.24, 2.45) is 0 Å². The molecule has 232 valence electrons. The summed E-state index contributed by atoms with van der Waals surface area (Å²) in [5.41, 5.74) is 13.2. The van der Waals surface area contributed by atoms with E-state index in [-0.39, 0.29) is 11.6 Å². The van der Waals surface area contributed by atoms with Crippen LogP contribution in [-0.4, -0.2) is 113 Å². The smallest absolute Gasteiger partial charge is 0.167 e. The normalized spacial score (nSPS) is 30.8. The molecule has 4 aromatic heterocycles. The molecule has 0 radical (unpaired) electrons. The highest BCUT2D eigenvalue weighted by molar-refractivity contribution is 8.06.